The van der Waals surface area contributed by atoms with E-state index in [4.69, 9.17) is 18.9 Å². The minimum absolute atomic E-state index is 0.0910. The lowest BCUT2D eigenvalue weighted by molar-refractivity contribution is -0.385. The molecule has 25 heavy (non-hydrogen) atoms. The predicted molar refractivity (Wildman–Crippen MR) is 88.0 cm³/mol. The molecule has 1 aromatic rings. The molecule has 0 radical (unpaired) electrons. The monoisotopic (exact) mass is 354 g/mol. The Kier molecular flexibility index (Phi) is 6.02. The Labute approximate surface area is 145 Å². The van der Waals surface area contributed by atoms with Gasteiger partial charge in [0.15, 0.2) is 11.5 Å². The van der Waals surface area contributed by atoms with Crippen LogP contribution in [0.3, 0.4) is 0 Å². The second-order valence-corrected chi connectivity index (χ2v) is 5.81. The number of carbonyl (C=O) groups is 1. The van der Waals surface area contributed by atoms with Crippen LogP contribution in [0.4, 0.5) is 10.5 Å². The molecule has 9 nitrogen and oxygen atoms in total. The van der Waals surface area contributed by atoms with Crippen molar-refractivity contribution in [1.29, 1.82) is 0 Å². The highest BCUT2D eigenvalue weighted by atomic mass is 16.6. The molecular formula is C16H22N2O7. The number of methoxy groups -OCH3 is 2. The van der Waals surface area contributed by atoms with E-state index in [9.17, 15) is 14.9 Å². The van der Waals surface area contributed by atoms with Crippen molar-refractivity contribution < 1.29 is 28.7 Å². The molecular weight excluding hydrogens is 332 g/mol. The van der Waals surface area contributed by atoms with E-state index in [-0.39, 0.29) is 35.8 Å². The standard InChI is InChI=1S/C16H22N2O7/c1-10-7-17(8-11(2)25-10)16(19)24-9-12-5-14(22-3)15(23-4)6-13(12)18(20)21/h5-6,10-11H,7-9H2,1-4H3. The number of hydrogen-bond acceptors (Lipinski definition) is 7. The van der Waals surface area contributed by atoms with Crippen molar-refractivity contribution >= 4 is 11.8 Å². The average molecular weight is 354 g/mol. The fourth-order valence-corrected chi connectivity index (χ4v) is 2.75. The maximum Gasteiger partial charge on any atom is 0.410 e. The van der Waals surface area contributed by atoms with Crippen LogP contribution in [-0.2, 0) is 16.1 Å². The largest absolute Gasteiger partial charge is 0.493 e. The van der Waals surface area contributed by atoms with Crippen molar-refractivity contribution in [3.05, 3.63) is 27.8 Å². The summed E-state index contributed by atoms with van der Waals surface area (Å²) in [6.45, 7) is 4.33. The first-order valence-corrected chi connectivity index (χ1v) is 7.82. The maximum atomic E-state index is 12.2. The molecule has 0 aromatic heterocycles. The fourth-order valence-electron chi connectivity index (χ4n) is 2.75. The van der Waals surface area contributed by atoms with Crippen LogP contribution in [0.25, 0.3) is 0 Å². The fraction of sp³-hybridized carbons (Fsp3) is 0.562. The lowest BCUT2D eigenvalue weighted by Gasteiger charge is -2.34. The maximum absolute atomic E-state index is 12.2. The number of nitro benzene ring substituents is 1. The van der Waals surface area contributed by atoms with Gasteiger partial charge in [-0.25, -0.2) is 4.79 Å². The number of nitro groups is 1. The molecule has 0 spiro atoms. The molecule has 138 valence electrons. The van der Waals surface area contributed by atoms with Gasteiger partial charge in [0.05, 0.1) is 56.1 Å². The number of hydrogen-bond donors (Lipinski definition) is 0. The molecule has 1 saturated heterocycles. The number of nitrogens with zero attached hydrogens (tertiary/aromatic N) is 2. The number of amides is 1. The molecule has 1 fully saturated rings. The van der Waals surface area contributed by atoms with E-state index >= 15 is 0 Å². The first-order chi connectivity index (χ1) is 11.8. The lowest BCUT2D eigenvalue weighted by Crippen LogP contribution is -2.48. The average Bonchev–Trinajstić information content (AvgIpc) is 2.57. The van der Waals surface area contributed by atoms with Crippen molar-refractivity contribution in [2.45, 2.75) is 32.7 Å². The zero-order valence-corrected chi connectivity index (χ0v) is 14.7. The molecule has 0 N–H and O–H groups in total. The lowest BCUT2D eigenvalue weighted by atomic mass is 10.1. The van der Waals surface area contributed by atoms with Gasteiger partial charge in [-0.15, -0.1) is 0 Å². The molecule has 2 atom stereocenters. The molecule has 1 amide bonds. The summed E-state index contributed by atoms with van der Waals surface area (Å²) < 4.78 is 21.0. The molecule has 9 heteroatoms. The van der Waals surface area contributed by atoms with E-state index in [0.29, 0.717) is 18.8 Å². The smallest absolute Gasteiger partial charge is 0.410 e. The summed E-state index contributed by atoms with van der Waals surface area (Å²) in [5.74, 6) is 0.563. The molecule has 0 bridgehead atoms. The molecule has 1 aliphatic heterocycles. The second-order valence-electron chi connectivity index (χ2n) is 5.81. The van der Waals surface area contributed by atoms with Crippen molar-refractivity contribution in [3.8, 4) is 11.5 Å². The Balaban J connectivity index is 2.13. The van der Waals surface area contributed by atoms with E-state index in [0.717, 1.165) is 0 Å². The first-order valence-electron chi connectivity index (χ1n) is 7.82. The molecule has 1 heterocycles. The van der Waals surface area contributed by atoms with Gasteiger partial charge in [-0.3, -0.25) is 10.1 Å². The van der Waals surface area contributed by atoms with E-state index in [1.807, 2.05) is 13.8 Å². The van der Waals surface area contributed by atoms with Crippen LogP contribution in [0, 0.1) is 10.1 Å². The van der Waals surface area contributed by atoms with Gasteiger partial charge < -0.3 is 23.8 Å². The highest BCUT2D eigenvalue weighted by Crippen LogP contribution is 2.34. The van der Waals surface area contributed by atoms with Crippen molar-refractivity contribution in [1.82, 2.24) is 4.90 Å². The van der Waals surface area contributed by atoms with Crippen molar-refractivity contribution in [3.63, 3.8) is 0 Å². The van der Waals surface area contributed by atoms with Crippen LogP contribution >= 0.6 is 0 Å². The van der Waals surface area contributed by atoms with E-state index in [1.165, 1.54) is 31.3 Å². The van der Waals surface area contributed by atoms with Crippen molar-refractivity contribution in [2.24, 2.45) is 0 Å². The minimum Gasteiger partial charge on any atom is -0.493 e. The predicted octanol–water partition coefficient (Wildman–Crippen LogP) is 2.36. The summed E-state index contributed by atoms with van der Waals surface area (Å²) in [6.07, 6.45) is -0.718. The van der Waals surface area contributed by atoms with E-state index in [2.05, 4.69) is 0 Å². The molecule has 0 aliphatic carbocycles. The zero-order valence-electron chi connectivity index (χ0n) is 14.7. The molecule has 1 aromatic carbocycles. The molecule has 2 unspecified atom stereocenters. The van der Waals surface area contributed by atoms with Crippen LogP contribution in [0.2, 0.25) is 0 Å². The van der Waals surface area contributed by atoms with Crippen molar-refractivity contribution in [2.75, 3.05) is 27.3 Å². The normalized spacial score (nSPS) is 20.1. The molecule has 0 saturated carbocycles. The van der Waals surface area contributed by atoms with Gasteiger partial charge >= 0.3 is 6.09 Å². The van der Waals surface area contributed by atoms with Gasteiger partial charge in [0.25, 0.3) is 5.69 Å². The Bertz CT molecular complexity index is 640. The van der Waals surface area contributed by atoms with Gasteiger partial charge in [0.2, 0.25) is 0 Å². The summed E-state index contributed by atoms with van der Waals surface area (Å²) in [5.41, 5.74) is 0.0273. The summed E-state index contributed by atoms with van der Waals surface area (Å²) >= 11 is 0. The van der Waals surface area contributed by atoms with Crippen LogP contribution in [0.5, 0.6) is 11.5 Å². The topological polar surface area (TPSA) is 100 Å². The van der Waals surface area contributed by atoms with Gasteiger partial charge in [-0.05, 0) is 19.9 Å². The first kappa shape index (κ1) is 18.8. The Morgan fingerprint density at radius 1 is 1.24 bits per heavy atom. The van der Waals surface area contributed by atoms with Gasteiger partial charge in [0.1, 0.15) is 6.61 Å². The van der Waals surface area contributed by atoms with Gasteiger partial charge in [-0.2, -0.15) is 0 Å². The van der Waals surface area contributed by atoms with Gasteiger partial charge in [0, 0.05) is 0 Å². The molecule has 1 aliphatic rings. The third kappa shape index (κ3) is 4.50. The van der Waals surface area contributed by atoms with Crippen LogP contribution in [0.15, 0.2) is 12.1 Å². The summed E-state index contributed by atoms with van der Waals surface area (Å²) in [7, 11) is 2.82. The minimum atomic E-state index is -0.552. The molecule has 2 rings (SSSR count). The van der Waals surface area contributed by atoms with Gasteiger partial charge in [-0.1, -0.05) is 0 Å². The SMILES string of the molecule is COc1cc(COC(=O)N2CC(C)OC(C)C2)c([N+](=O)[O-])cc1OC. The Morgan fingerprint density at radius 2 is 1.80 bits per heavy atom. The summed E-state index contributed by atoms with van der Waals surface area (Å²) in [5, 5.41) is 11.3. The van der Waals surface area contributed by atoms with E-state index < -0.39 is 11.0 Å². The quantitative estimate of drug-likeness (QED) is 0.591. The number of benzene rings is 1. The highest BCUT2D eigenvalue weighted by molar-refractivity contribution is 5.68. The third-order valence-electron chi connectivity index (χ3n) is 3.81. The second kappa shape index (κ2) is 8.02. The summed E-state index contributed by atoms with van der Waals surface area (Å²) in [4.78, 5) is 24.5. The number of carbonyl (C=O) groups excluding carboxylic acids is 1. The number of ether oxygens (including phenoxy) is 4. The van der Waals surface area contributed by atoms with Crippen LogP contribution in [-0.4, -0.2) is 55.4 Å². The number of morpholine rings is 1. The van der Waals surface area contributed by atoms with Crippen LogP contribution in [0.1, 0.15) is 19.4 Å². The Morgan fingerprint density at radius 3 is 2.32 bits per heavy atom. The highest BCUT2D eigenvalue weighted by Gasteiger charge is 2.28. The Hall–Kier alpha value is -2.55. The number of rotatable bonds is 5. The van der Waals surface area contributed by atoms with E-state index in [1.54, 1.807) is 0 Å². The third-order valence-corrected chi connectivity index (χ3v) is 3.81. The summed E-state index contributed by atoms with van der Waals surface area (Å²) in [6, 6.07) is 2.69. The zero-order chi connectivity index (χ0) is 18.6. The van der Waals surface area contributed by atoms with Crippen LogP contribution < -0.4 is 9.47 Å².